The molecule has 0 spiro atoms. The van der Waals surface area contributed by atoms with Crippen molar-refractivity contribution in [2.75, 3.05) is 51.6 Å². The summed E-state index contributed by atoms with van der Waals surface area (Å²) < 4.78 is 0. The van der Waals surface area contributed by atoms with E-state index in [1.54, 1.807) is 0 Å². The zero-order valence-corrected chi connectivity index (χ0v) is 36.5. The Hall–Kier alpha value is -5.37. The van der Waals surface area contributed by atoms with Gasteiger partial charge in [-0.1, -0.05) is 93.4 Å². The minimum atomic E-state index is -1.24. The second-order valence-corrected chi connectivity index (χ2v) is 13.8. The van der Waals surface area contributed by atoms with Crippen molar-refractivity contribution in [2.45, 2.75) is 113 Å². The number of rotatable bonds is 22. The summed E-state index contributed by atoms with van der Waals surface area (Å²) in [5.41, 5.74) is 7.63. The number of hydrogen-bond acceptors (Lipinski definition) is 9. The average Bonchev–Trinajstić information content (AvgIpc) is 3.18. The van der Waals surface area contributed by atoms with E-state index < -0.39 is 67.3 Å². The second-order valence-electron chi connectivity index (χ2n) is 13.8. The Labute approximate surface area is 346 Å². The standard InChI is InChI=1S/C25H46N8O8.C10H11N.C4H10.C2H6/c1-5-6-10-27-19(34)13-30-23(38)18(11-16(2)3)33(4)22(37)15-29-20(35)12-28-21(36)14-31-25(41)32-17(24(39)40)8-7-9-26;1-3-9-7-5-6-8-10(9)11-4-2;1-4(2)3;1-2/h16-18H,5-15,26H2,1-4H3,(H,27,34)(H,28,36)(H,29,35)(H,30,38)(H,39,40)(H2,31,32,41);2,5-8,11H,3H2,1H3;4H,1-3H3;1-2H3/t17-,18-;;;/m0.../s1. The number of aliphatic carboxylic acids is 1. The van der Waals surface area contributed by atoms with Crippen molar-refractivity contribution in [3.8, 4) is 12.5 Å². The van der Waals surface area contributed by atoms with Gasteiger partial charge in [-0.05, 0) is 62.1 Å². The maximum Gasteiger partial charge on any atom is 0.326 e. The first-order valence-electron chi connectivity index (χ1n) is 20.0. The minimum Gasteiger partial charge on any atom is -0.480 e. The zero-order valence-electron chi connectivity index (χ0n) is 36.5. The lowest BCUT2D eigenvalue weighted by Crippen LogP contribution is -2.52. The first-order valence-corrected chi connectivity index (χ1v) is 20.0. The lowest BCUT2D eigenvalue weighted by Gasteiger charge is -2.28. The van der Waals surface area contributed by atoms with E-state index in [1.165, 1.54) is 17.5 Å². The van der Waals surface area contributed by atoms with Crippen LogP contribution in [0, 0.1) is 24.3 Å². The number of nitrogens with zero attached hydrogens (tertiary/aromatic N) is 1. The molecule has 0 aliphatic carbocycles. The number of carbonyl (C=O) groups is 7. The minimum absolute atomic E-state index is 0.0563. The molecule has 1 aromatic rings. The molecular formula is C41H73N9O8. The van der Waals surface area contributed by atoms with E-state index in [9.17, 15) is 33.6 Å². The van der Waals surface area contributed by atoms with Crippen LogP contribution in [0.3, 0.4) is 0 Å². The van der Waals surface area contributed by atoms with E-state index in [4.69, 9.17) is 17.3 Å². The van der Waals surface area contributed by atoms with Gasteiger partial charge in [0, 0.05) is 25.3 Å². The Morgan fingerprint density at radius 2 is 1.34 bits per heavy atom. The van der Waals surface area contributed by atoms with Gasteiger partial charge in [0.2, 0.25) is 29.5 Å². The summed E-state index contributed by atoms with van der Waals surface area (Å²) in [5, 5.41) is 26.2. The van der Waals surface area contributed by atoms with Crippen LogP contribution in [0.15, 0.2) is 24.3 Å². The summed E-state index contributed by atoms with van der Waals surface area (Å²) in [4.78, 5) is 85.5. The highest BCUT2D eigenvalue weighted by molar-refractivity contribution is 5.93. The van der Waals surface area contributed by atoms with E-state index in [0.717, 1.165) is 30.9 Å². The summed E-state index contributed by atoms with van der Waals surface area (Å²) in [6, 6.07) is 7.55. The number of likely N-dealkylation sites (N-methyl/N-ethyl adjacent to an activating group) is 1. The van der Waals surface area contributed by atoms with E-state index in [-0.39, 0.29) is 31.3 Å². The highest BCUT2D eigenvalue weighted by Gasteiger charge is 2.28. The van der Waals surface area contributed by atoms with Crippen molar-refractivity contribution in [1.29, 1.82) is 0 Å². The van der Waals surface area contributed by atoms with Crippen molar-refractivity contribution < 1.29 is 38.7 Å². The summed E-state index contributed by atoms with van der Waals surface area (Å²) >= 11 is 0. The largest absolute Gasteiger partial charge is 0.480 e. The van der Waals surface area contributed by atoms with Crippen molar-refractivity contribution in [1.82, 2.24) is 36.8 Å². The maximum absolute atomic E-state index is 12.7. The molecule has 58 heavy (non-hydrogen) atoms. The molecule has 330 valence electrons. The molecule has 0 saturated heterocycles. The highest BCUT2D eigenvalue weighted by Crippen LogP contribution is 2.14. The number of aryl methyl sites for hydroxylation is 1. The van der Waals surface area contributed by atoms with Gasteiger partial charge in [-0.15, -0.1) is 0 Å². The number of carboxylic acids is 1. The molecule has 0 bridgehead atoms. The van der Waals surface area contributed by atoms with Gasteiger partial charge in [0.15, 0.2) is 0 Å². The number of carbonyl (C=O) groups excluding carboxylic acids is 6. The predicted molar refractivity (Wildman–Crippen MR) is 229 cm³/mol. The molecule has 0 aliphatic heterocycles. The van der Waals surface area contributed by atoms with Crippen molar-refractivity contribution in [3.63, 3.8) is 0 Å². The Morgan fingerprint density at radius 3 is 1.86 bits per heavy atom. The molecule has 0 aliphatic rings. The normalized spacial score (nSPS) is 10.8. The maximum atomic E-state index is 12.7. The number of amides is 7. The average molecular weight is 820 g/mol. The topological polar surface area (TPSA) is 253 Å². The lowest BCUT2D eigenvalue weighted by molar-refractivity contribution is -0.140. The zero-order chi connectivity index (χ0) is 45.1. The third-order valence-electron chi connectivity index (χ3n) is 7.33. The van der Waals surface area contributed by atoms with Crippen molar-refractivity contribution in [3.05, 3.63) is 29.8 Å². The van der Waals surface area contributed by atoms with Crippen molar-refractivity contribution in [2.24, 2.45) is 17.6 Å². The van der Waals surface area contributed by atoms with Gasteiger partial charge in [0.1, 0.15) is 12.1 Å². The number of urea groups is 1. The molecule has 0 fully saturated rings. The molecule has 0 heterocycles. The van der Waals surface area contributed by atoms with E-state index in [2.05, 4.69) is 77.0 Å². The summed E-state index contributed by atoms with van der Waals surface area (Å²) in [6.45, 7) is 17.5. The van der Waals surface area contributed by atoms with Crippen LogP contribution >= 0.6 is 0 Å². The van der Waals surface area contributed by atoms with Gasteiger partial charge in [-0.25, -0.2) is 9.59 Å². The molecule has 0 saturated carbocycles. The number of nitrogens with two attached hydrogens (primary N) is 1. The van der Waals surface area contributed by atoms with Gasteiger partial charge in [0.05, 0.1) is 26.2 Å². The predicted octanol–water partition coefficient (Wildman–Crippen LogP) is 2.56. The van der Waals surface area contributed by atoms with Crippen LogP contribution < -0.4 is 43.0 Å². The van der Waals surface area contributed by atoms with Crippen molar-refractivity contribution >= 4 is 47.2 Å². The van der Waals surface area contributed by atoms with Gasteiger partial charge < -0.3 is 53.0 Å². The number of benzene rings is 1. The molecule has 7 amide bonds. The van der Waals surface area contributed by atoms with Crippen LogP contribution in [0.25, 0.3) is 0 Å². The smallest absolute Gasteiger partial charge is 0.326 e. The molecule has 17 heteroatoms. The van der Waals surface area contributed by atoms with Crippen LogP contribution in [0.5, 0.6) is 0 Å². The van der Waals surface area contributed by atoms with E-state index >= 15 is 0 Å². The number of terminal acetylenes is 1. The Kier molecular flexibility index (Phi) is 35.4. The number of carboxylic acid groups (broad SMARTS) is 1. The Bertz CT molecular complexity index is 1400. The Morgan fingerprint density at radius 1 is 0.810 bits per heavy atom. The number of para-hydroxylation sites is 1. The molecule has 10 N–H and O–H groups in total. The molecule has 1 aromatic carbocycles. The number of unbranched alkanes of at least 4 members (excludes halogenated alkanes) is 1. The summed E-state index contributed by atoms with van der Waals surface area (Å²) in [7, 11) is 1.42. The molecule has 0 radical (unpaired) electrons. The fourth-order valence-corrected chi connectivity index (χ4v) is 4.39. The van der Waals surface area contributed by atoms with E-state index in [0.29, 0.717) is 19.4 Å². The Balaban J connectivity index is -0.00000146. The van der Waals surface area contributed by atoms with Crippen LogP contribution in [0.1, 0.15) is 100.0 Å². The van der Waals surface area contributed by atoms with Gasteiger partial charge in [0.25, 0.3) is 0 Å². The first-order chi connectivity index (χ1) is 27.4. The number of anilines is 1. The molecule has 1 rings (SSSR count). The first kappa shape index (κ1) is 57.0. The third-order valence-corrected chi connectivity index (χ3v) is 7.33. The van der Waals surface area contributed by atoms with Crippen LogP contribution in [-0.4, -0.2) is 110 Å². The van der Waals surface area contributed by atoms with Crippen LogP contribution in [-0.2, 0) is 35.2 Å². The number of hydrogen-bond donors (Lipinski definition) is 9. The second kappa shape index (κ2) is 36.0. The van der Waals surface area contributed by atoms with E-state index in [1.807, 2.05) is 52.8 Å². The highest BCUT2D eigenvalue weighted by atomic mass is 16.4. The fourth-order valence-electron chi connectivity index (χ4n) is 4.39. The third kappa shape index (κ3) is 30.8. The molecule has 0 unspecified atom stereocenters. The quantitative estimate of drug-likeness (QED) is 0.0470. The summed E-state index contributed by atoms with van der Waals surface area (Å²) in [5.74, 6) is -3.15. The van der Waals surface area contributed by atoms with Gasteiger partial charge in [-0.2, -0.15) is 0 Å². The van der Waals surface area contributed by atoms with Crippen LogP contribution in [0.4, 0.5) is 10.5 Å². The summed E-state index contributed by atoms with van der Waals surface area (Å²) in [6.07, 6.45) is 8.70. The molecule has 0 aromatic heterocycles. The SMILES string of the molecule is C#CNc1ccccc1CC.CC.CC(C)C.CCCCNC(=O)CNC(=O)[C@H](CC(C)C)N(C)C(=O)CNC(=O)CNC(=O)CNC(=O)N[C@@H](CCCN)C(=O)O. The number of nitrogens with one attached hydrogen (secondary N) is 7. The van der Waals surface area contributed by atoms with Crippen LogP contribution in [0.2, 0.25) is 0 Å². The van der Waals surface area contributed by atoms with Gasteiger partial charge in [-0.3, -0.25) is 24.0 Å². The molecular weight excluding hydrogens is 747 g/mol. The fraction of sp³-hybridized carbons (Fsp3) is 0.634. The molecule has 2 atom stereocenters. The lowest BCUT2D eigenvalue weighted by atomic mass is 10.0. The monoisotopic (exact) mass is 820 g/mol. The molecule has 17 nitrogen and oxygen atoms in total. The van der Waals surface area contributed by atoms with Gasteiger partial charge >= 0.3 is 12.0 Å².